The molecule has 128 valence electrons. The van der Waals surface area contributed by atoms with E-state index in [4.69, 9.17) is 0 Å². The van der Waals surface area contributed by atoms with E-state index < -0.39 is 29.7 Å². The first-order valence-corrected chi connectivity index (χ1v) is 8.16. The summed E-state index contributed by atoms with van der Waals surface area (Å²) in [5.41, 5.74) is 2.21. The Labute approximate surface area is 145 Å². The third kappa shape index (κ3) is 2.69. The highest BCUT2D eigenvalue weighted by Crippen LogP contribution is 2.34. The molecule has 6 heteroatoms. The number of benzene rings is 1. The fourth-order valence-corrected chi connectivity index (χ4v) is 3.33. The van der Waals surface area contributed by atoms with E-state index in [2.05, 4.69) is 11.9 Å². The predicted molar refractivity (Wildman–Crippen MR) is 91.3 cm³/mol. The number of allylic oxidation sites excluding steroid dienone is 2. The van der Waals surface area contributed by atoms with Gasteiger partial charge in [0, 0.05) is 23.1 Å². The summed E-state index contributed by atoms with van der Waals surface area (Å²) < 4.78 is 0. The van der Waals surface area contributed by atoms with Crippen molar-refractivity contribution in [2.24, 2.45) is 0 Å². The van der Waals surface area contributed by atoms with E-state index in [1.807, 2.05) is 13.0 Å². The summed E-state index contributed by atoms with van der Waals surface area (Å²) in [5.74, 6) is -2.06. The van der Waals surface area contributed by atoms with Crippen molar-refractivity contribution in [3.05, 3.63) is 53.6 Å². The molecule has 0 aromatic heterocycles. The van der Waals surface area contributed by atoms with Crippen LogP contribution >= 0.6 is 0 Å². The highest BCUT2D eigenvalue weighted by molar-refractivity contribution is 6.32. The highest BCUT2D eigenvalue weighted by Gasteiger charge is 2.43. The summed E-state index contributed by atoms with van der Waals surface area (Å²) >= 11 is 0. The topological polar surface area (TPSA) is 83.6 Å². The van der Waals surface area contributed by atoms with Crippen LogP contribution in [0.1, 0.15) is 41.3 Å². The van der Waals surface area contributed by atoms with Crippen LogP contribution in [0.5, 0.6) is 0 Å². The monoisotopic (exact) mass is 338 g/mol. The van der Waals surface area contributed by atoms with Crippen LogP contribution < -0.4 is 5.32 Å². The quantitative estimate of drug-likeness (QED) is 0.670. The second-order valence-corrected chi connectivity index (χ2v) is 5.96. The van der Waals surface area contributed by atoms with Gasteiger partial charge in [-0.3, -0.25) is 29.4 Å². The molecule has 0 bridgehead atoms. The van der Waals surface area contributed by atoms with Crippen molar-refractivity contribution in [1.29, 1.82) is 0 Å². The van der Waals surface area contributed by atoms with Gasteiger partial charge in [-0.25, -0.2) is 0 Å². The summed E-state index contributed by atoms with van der Waals surface area (Å²) in [5, 5.41) is 2.20. The molecule has 2 aliphatic rings. The van der Waals surface area contributed by atoms with Crippen LogP contribution in [0, 0.1) is 0 Å². The number of nitrogens with one attached hydrogen (secondary N) is 1. The van der Waals surface area contributed by atoms with Gasteiger partial charge in [-0.15, -0.1) is 0 Å². The van der Waals surface area contributed by atoms with Crippen LogP contribution in [0.15, 0.2) is 36.9 Å². The molecule has 2 aliphatic heterocycles. The summed E-state index contributed by atoms with van der Waals surface area (Å²) in [6.45, 7) is 5.59. The zero-order chi connectivity index (χ0) is 18.1. The number of aryl methyl sites for hydroxylation is 1. The molecule has 0 saturated carbocycles. The lowest BCUT2D eigenvalue weighted by molar-refractivity contribution is -0.141. The number of hydrogen-bond donors (Lipinski definition) is 1. The van der Waals surface area contributed by atoms with E-state index in [9.17, 15) is 19.2 Å². The Bertz CT molecular complexity index is 838. The zero-order valence-corrected chi connectivity index (χ0v) is 13.9. The van der Waals surface area contributed by atoms with Gasteiger partial charge < -0.3 is 0 Å². The Balaban J connectivity index is 2.14. The van der Waals surface area contributed by atoms with Crippen molar-refractivity contribution in [2.75, 3.05) is 0 Å². The average Bonchev–Trinajstić information content (AvgIpc) is 2.59. The standard InChI is InChI=1S/C19H18N2O4/c1-3-6-12-16-11(4-2)7-5-8-13(16)19(25)21(18(12)24)14-9-10-15(22)20-17(14)23/h3,5-8,14H,1,4,9-10H2,2H3,(H,20,22,23)/b12-6+. The second-order valence-electron chi connectivity index (χ2n) is 5.96. The molecule has 1 aromatic carbocycles. The number of rotatable bonds is 3. The molecule has 4 amide bonds. The maximum Gasteiger partial charge on any atom is 0.262 e. The van der Waals surface area contributed by atoms with Gasteiger partial charge in [0.2, 0.25) is 11.8 Å². The number of nitrogens with zero attached hydrogens (tertiary/aromatic N) is 1. The lowest BCUT2D eigenvalue weighted by Gasteiger charge is -2.36. The molecule has 0 aliphatic carbocycles. The van der Waals surface area contributed by atoms with Crippen LogP contribution in [-0.2, 0) is 20.8 Å². The summed E-state index contributed by atoms with van der Waals surface area (Å²) in [7, 11) is 0. The van der Waals surface area contributed by atoms with Crippen LogP contribution in [-0.4, -0.2) is 34.6 Å². The van der Waals surface area contributed by atoms with Crippen LogP contribution in [0.3, 0.4) is 0 Å². The third-order valence-electron chi connectivity index (χ3n) is 4.51. The predicted octanol–water partition coefficient (Wildman–Crippen LogP) is 1.61. The van der Waals surface area contributed by atoms with Gasteiger partial charge in [0.25, 0.3) is 11.8 Å². The van der Waals surface area contributed by atoms with E-state index in [1.54, 1.807) is 18.2 Å². The lowest BCUT2D eigenvalue weighted by atomic mass is 9.86. The molecular weight excluding hydrogens is 320 g/mol. The molecule has 1 fully saturated rings. The van der Waals surface area contributed by atoms with Gasteiger partial charge in [-0.2, -0.15) is 0 Å². The SMILES string of the molecule is C=C/C=C1/C(=O)N(C2CCC(=O)NC2=O)C(=O)c2cccc(CC)c21. The second kappa shape index (κ2) is 6.47. The van der Waals surface area contributed by atoms with Crippen molar-refractivity contribution in [2.45, 2.75) is 32.2 Å². The molecule has 1 atom stereocenters. The molecule has 1 aromatic rings. The van der Waals surface area contributed by atoms with Crippen molar-refractivity contribution >= 4 is 29.2 Å². The molecule has 2 heterocycles. The lowest BCUT2D eigenvalue weighted by Crippen LogP contribution is -2.57. The summed E-state index contributed by atoms with van der Waals surface area (Å²) in [6.07, 6.45) is 3.94. The molecule has 1 unspecified atom stereocenters. The first-order chi connectivity index (χ1) is 12.0. The van der Waals surface area contributed by atoms with Crippen LogP contribution in [0.4, 0.5) is 0 Å². The van der Waals surface area contributed by atoms with Crippen molar-refractivity contribution < 1.29 is 19.2 Å². The molecule has 1 N–H and O–H groups in total. The third-order valence-corrected chi connectivity index (χ3v) is 4.51. The molecule has 6 nitrogen and oxygen atoms in total. The van der Waals surface area contributed by atoms with E-state index in [-0.39, 0.29) is 12.8 Å². The fraction of sp³-hybridized carbons (Fsp3) is 0.263. The number of imide groups is 2. The molecular formula is C19H18N2O4. The van der Waals surface area contributed by atoms with E-state index in [0.29, 0.717) is 23.1 Å². The summed E-state index contributed by atoms with van der Waals surface area (Å²) in [6, 6.07) is 4.31. The van der Waals surface area contributed by atoms with E-state index in [1.165, 1.54) is 6.08 Å². The molecule has 25 heavy (non-hydrogen) atoms. The van der Waals surface area contributed by atoms with Gasteiger partial charge in [-0.1, -0.05) is 31.7 Å². The largest absolute Gasteiger partial charge is 0.295 e. The zero-order valence-electron chi connectivity index (χ0n) is 13.9. The Morgan fingerprint density at radius 3 is 2.64 bits per heavy atom. The van der Waals surface area contributed by atoms with Gasteiger partial charge in [0.1, 0.15) is 6.04 Å². The minimum atomic E-state index is -0.982. The summed E-state index contributed by atoms with van der Waals surface area (Å²) in [4.78, 5) is 50.5. The fourth-order valence-electron chi connectivity index (χ4n) is 3.33. The van der Waals surface area contributed by atoms with Gasteiger partial charge in [-0.05, 0) is 30.5 Å². The number of amides is 4. The van der Waals surface area contributed by atoms with Crippen molar-refractivity contribution in [3.8, 4) is 0 Å². The van der Waals surface area contributed by atoms with E-state index in [0.717, 1.165) is 10.5 Å². The molecule has 0 radical (unpaired) electrons. The number of piperidine rings is 1. The maximum absolute atomic E-state index is 13.0. The van der Waals surface area contributed by atoms with Crippen LogP contribution in [0.2, 0.25) is 0 Å². The van der Waals surface area contributed by atoms with Crippen LogP contribution in [0.25, 0.3) is 5.57 Å². The minimum Gasteiger partial charge on any atom is -0.295 e. The highest BCUT2D eigenvalue weighted by atomic mass is 16.2. The van der Waals surface area contributed by atoms with Gasteiger partial charge in [0.05, 0.1) is 0 Å². The number of fused-ring (bicyclic) bond motifs is 1. The average molecular weight is 338 g/mol. The normalized spacial score (nSPS) is 22.0. The molecule has 3 rings (SSSR count). The number of carbonyl (C=O) groups excluding carboxylic acids is 4. The number of carbonyl (C=O) groups is 4. The smallest absolute Gasteiger partial charge is 0.262 e. The van der Waals surface area contributed by atoms with E-state index >= 15 is 0 Å². The van der Waals surface area contributed by atoms with Gasteiger partial charge in [0.15, 0.2) is 0 Å². The Kier molecular flexibility index (Phi) is 4.35. The Morgan fingerprint density at radius 2 is 2.00 bits per heavy atom. The Morgan fingerprint density at radius 1 is 1.24 bits per heavy atom. The van der Waals surface area contributed by atoms with Crippen molar-refractivity contribution in [1.82, 2.24) is 10.2 Å². The first kappa shape index (κ1) is 16.8. The minimum absolute atomic E-state index is 0.0931. The maximum atomic E-state index is 13.0. The molecule has 1 saturated heterocycles. The molecule has 0 spiro atoms. The number of hydrogen-bond acceptors (Lipinski definition) is 4. The van der Waals surface area contributed by atoms with Gasteiger partial charge >= 0.3 is 0 Å². The van der Waals surface area contributed by atoms with Crippen molar-refractivity contribution in [3.63, 3.8) is 0 Å². The Hall–Kier alpha value is -3.02. The first-order valence-electron chi connectivity index (χ1n) is 8.16.